The van der Waals surface area contributed by atoms with Crippen LogP contribution in [-0.2, 0) is 19.4 Å². The predicted molar refractivity (Wildman–Crippen MR) is 92.3 cm³/mol. The molecular formula is C17H23NO6S. The number of hydrogen-bond acceptors (Lipinski definition) is 6. The van der Waals surface area contributed by atoms with E-state index >= 15 is 0 Å². The zero-order chi connectivity index (χ0) is 18.4. The number of hydrogen-bond donors (Lipinski definition) is 1. The topological polar surface area (TPSA) is 98.8 Å². The van der Waals surface area contributed by atoms with E-state index in [1.54, 1.807) is 24.3 Å². The van der Waals surface area contributed by atoms with Crippen molar-refractivity contribution < 1.29 is 27.5 Å². The molecule has 1 fully saturated rings. The number of sulfone groups is 1. The minimum Gasteiger partial charge on any atom is -0.494 e. The lowest BCUT2D eigenvalue weighted by Gasteiger charge is -2.16. The van der Waals surface area contributed by atoms with Crippen molar-refractivity contribution in [3.8, 4) is 5.75 Å². The molecule has 0 radical (unpaired) electrons. The monoisotopic (exact) mass is 369 g/mol. The van der Waals surface area contributed by atoms with E-state index in [0.717, 1.165) is 6.42 Å². The minimum absolute atomic E-state index is 0.0680. The van der Waals surface area contributed by atoms with Crippen molar-refractivity contribution in [3.63, 3.8) is 0 Å². The van der Waals surface area contributed by atoms with Gasteiger partial charge in [0.1, 0.15) is 5.75 Å². The highest BCUT2D eigenvalue weighted by atomic mass is 32.2. The van der Waals surface area contributed by atoms with Crippen LogP contribution in [0.1, 0.15) is 37.0 Å². The van der Waals surface area contributed by atoms with E-state index in [-0.39, 0.29) is 11.5 Å². The number of carbonyl (C=O) groups is 2. The summed E-state index contributed by atoms with van der Waals surface area (Å²) in [5.41, 5.74) is 0.312. The molecule has 0 saturated carbocycles. The van der Waals surface area contributed by atoms with Gasteiger partial charge in [0.15, 0.2) is 15.9 Å². The molecule has 8 heteroatoms. The molecule has 0 aliphatic carbocycles. The van der Waals surface area contributed by atoms with Crippen molar-refractivity contribution in [2.75, 3.05) is 18.1 Å². The Morgan fingerprint density at radius 2 is 1.96 bits per heavy atom. The number of esters is 1. The second kappa shape index (κ2) is 8.33. The molecule has 0 bridgehead atoms. The minimum atomic E-state index is -3.08. The fraction of sp³-hybridized carbons (Fsp3) is 0.529. The van der Waals surface area contributed by atoms with Crippen LogP contribution in [0.3, 0.4) is 0 Å². The van der Waals surface area contributed by atoms with Crippen molar-refractivity contribution in [1.82, 2.24) is 5.32 Å². The van der Waals surface area contributed by atoms with Gasteiger partial charge in [-0.05, 0) is 44.0 Å². The Morgan fingerprint density at radius 1 is 1.28 bits per heavy atom. The predicted octanol–water partition coefficient (Wildman–Crippen LogP) is 1.32. The maximum atomic E-state index is 12.1. The standard InChI is InChI=1S/C17H23NO6S/c1-3-9-23-15-6-4-13(5-7-15)17(20)24-12(2)16(19)18-14-8-10-25(21,22)11-14/h4-7,12,14H,3,8-11H2,1-2H3,(H,18,19)/t12-,14+/m0/s1. The van der Waals surface area contributed by atoms with Crippen LogP contribution in [0.5, 0.6) is 5.75 Å². The van der Waals surface area contributed by atoms with Crippen molar-refractivity contribution in [2.45, 2.75) is 38.8 Å². The average molecular weight is 369 g/mol. The fourth-order valence-corrected chi connectivity index (χ4v) is 4.09. The van der Waals surface area contributed by atoms with Gasteiger partial charge in [0.05, 0.1) is 23.7 Å². The molecule has 25 heavy (non-hydrogen) atoms. The molecule has 1 N–H and O–H groups in total. The number of rotatable bonds is 7. The summed E-state index contributed by atoms with van der Waals surface area (Å²) in [6.07, 6.45) is 0.263. The molecule has 2 atom stereocenters. The van der Waals surface area contributed by atoms with Crippen molar-refractivity contribution in [3.05, 3.63) is 29.8 Å². The van der Waals surface area contributed by atoms with Crippen LogP contribution < -0.4 is 10.1 Å². The number of nitrogens with one attached hydrogen (secondary N) is 1. The van der Waals surface area contributed by atoms with E-state index in [1.165, 1.54) is 6.92 Å². The van der Waals surface area contributed by atoms with Gasteiger partial charge >= 0.3 is 5.97 Å². The van der Waals surface area contributed by atoms with Gasteiger partial charge in [-0.15, -0.1) is 0 Å². The van der Waals surface area contributed by atoms with Crippen molar-refractivity contribution in [1.29, 1.82) is 0 Å². The van der Waals surface area contributed by atoms with Gasteiger partial charge in [0.25, 0.3) is 5.91 Å². The van der Waals surface area contributed by atoms with E-state index in [4.69, 9.17) is 9.47 Å². The van der Waals surface area contributed by atoms with Crippen molar-refractivity contribution in [2.24, 2.45) is 0 Å². The smallest absolute Gasteiger partial charge is 0.338 e. The highest BCUT2D eigenvalue weighted by molar-refractivity contribution is 7.91. The van der Waals surface area contributed by atoms with Gasteiger partial charge in [0.2, 0.25) is 0 Å². The lowest BCUT2D eigenvalue weighted by atomic mass is 10.2. The highest BCUT2D eigenvalue weighted by Crippen LogP contribution is 2.15. The zero-order valence-electron chi connectivity index (χ0n) is 14.4. The molecule has 1 aromatic carbocycles. The van der Waals surface area contributed by atoms with Gasteiger partial charge in [0, 0.05) is 6.04 Å². The summed E-state index contributed by atoms with van der Waals surface area (Å²) in [5, 5.41) is 2.61. The molecule has 1 aromatic rings. The number of carbonyl (C=O) groups excluding carboxylic acids is 2. The lowest BCUT2D eigenvalue weighted by molar-refractivity contribution is -0.129. The van der Waals surface area contributed by atoms with E-state index in [2.05, 4.69) is 5.32 Å². The average Bonchev–Trinajstić information content (AvgIpc) is 2.91. The Kier molecular flexibility index (Phi) is 6.41. The molecule has 1 aliphatic heterocycles. The van der Waals surface area contributed by atoms with Gasteiger partial charge < -0.3 is 14.8 Å². The Bertz CT molecular complexity index is 713. The second-order valence-corrected chi connectivity index (χ2v) is 8.26. The molecule has 0 spiro atoms. The Labute approximate surface area is 147 Å². The van der Waals surface area contributed by atoms with E-state index < -0.39 is 33.9 Å². The summed E-state index contributed by atoms with van der Waals surface area (Å²) in [5.74, 6) is -0.467. The maximum Gasteiger partial charge on any atom is 0.338 e. The third kappa shape index (κ3) is 5.74. The van der Waals surface area contributed by atoms with Crippen LogP contribution in [-0.4, -0.2) is 50.6 Å². The van der Waals surface area contributed by atoms with Gasteiger partial charge in [-0.2, -0.15) is 0 Å². The molecule has 1 aliphatic rings. The van der Waals surface area contributed by atoms with E-state index in [0.29, 0.717) is 24.3 Å². The SMILES string of the molecule is CCCOc1ccc(C(=O)O[C@@H](C)C(=O)N[C@@H]2CCS(=O)(=O)C2)cc1. The van der Waals surface area contributed by atoms with Crippen LogP contribution in [0, 0.1) is 0 Å². The Morgan fingerprint density at radius 3 is 2.52 bits per heavy atom. The number of ether oxygens (including phenoxy) is 2. The van der Waals surface area contributed by atoms with Crippen LogP contribution in [0.15, 0.2) is 24.3 Å². The largest absolute Gasteiger partial charge is 0.494 e. The van der Waals surface area contributed by atoms with E-state index in [1.807, 2.05) is 6.92 Å². The van der Waals surface area contributed by atoms with Gasteiger partial charge in [-0.1, -0.05) is 6.92 Å². The highest BCUT2D eigenvalue weighted by Gasteiger charge is 2.30. The maximum absolute atomic E-state index is 12.1. The third-order valence-electron chi connectivity index (χ3n) is 3.79. The quantitative estimate of drug-likeness (QED) is 0.728. The first-order valence-corrected chi connectivity index (χ1v) is 10.1. The first kappa shape index (κ1) is 19.2. The first-order chi connectivity index (χ1) is 11.8. The summed E-state index contributed by atoms with van der Waals surface area (Å²) >= 11 is 0. The summed E-state index contributed by atoms with van der Waals surface area (Å²) in [6, 6.07) is 6.05. The molecule has 1 saturated heterocycles. The first-order valence-electron chi connectivity index (χ1n) is 8.25. The summed E-state index contributed by atoms with van der Waals surface area (Å²) in [4.78, 5) is 24.1. The Balaban J connectivity index is 1.85. The molecule has 1 heterocycles. The fourth-order valence-electron chi connectivity index (χ4n) is 2.42. The molecular weight excluding hydrogens is 346 g/mol. The second-order valence-electron chi connectivity index (χ2n) is 6.03. The molecule has 0 aromatic heterocycles. The van der Waals surface area contributed by atoms with E-state index in [9.17, 15) is 18.0 Å². The van der Waals surface area contributed by atoms with Gasteiger partial charge in [-0.3, -0.25) is 4.79 Å². The molecule has 138 valence electrons. The van der Waals surface area contributed by atoms with Crippen LogP contribution in [0.25, 0.3) is 0 Å². The number of benzene rings is 1. The Hall–Kier alpha value is -2.09. The summed E-state index contributed by atoms with van der Waals surface area (Å²) in [7, 11) is -3.08. The number of amides is 1. The molecule has 0 unspecified atom stereocenters. The summed E-state index contributed by atoms with van der Waals surface area (Å²) in [6.45, 7) is 4.05. The lowest BCUT2D eigenvalue weighted by Crippen LogP contribution is -2.42. The third-order valence-corrected chi connectivity index (χ3v) is 5.56. The molecule has 1 amide bonds. The van der Waals surface area contributed by atoms with Gasteiger partial charge in [-0.25, -0.2) is 13.2 Å². The summed E-state index contributed by atoms with van der Waals surface area (Å²) < 4.78 is 33.4. The normalized spacial score (nSPS) is 19.8. The van der Waals surface area contributed by atoms with Crippen molar-refractivity contribution >= 4 is 21.7 Å². The molecule has 2 rings (SSSR count). The van der Waals surface area contributed by atoms with Crippen LogP contribution >= 0.6 is 0 Å². The molecule has 7 nitrogen and oxygen atoms in total. The zero-order valence-corrected chi connectivity index (χ0v) is 15.2. The van der Waals surface area contributed by atoms with Crippen LogP contribution in [0.4, 0.5) is 0 Å². The van der Waals surface area contributed by atoms with Crippen LogP contribution in [0.2, 0.25) is 0 Å².